The molecule has 0 rings (SSSR count). The third kappa shape index (κ3) is 4.45. The van der Waals surface area contributed by atoms with Gasteiger partial charge in [0.2, 0.25) is 0 Å². The molecular formula is C5H4BrCl2NS. The first-order chi connectivity index (χ1) is 4.72. The van der Waals surface area contributed by atoms with E-state index in [9.17, 15) is 0 Å². The maximum Gasteiger partial charge on any atom is 0.133 e. The van der Waals surface area contributed by atoms with Crippen LogP contribution in [0.2, 0.25) is 0 Å². The summed E-state index contributed by atoms with van der Waals surface area (Å²) in [5.41, 5.74) is 0. The van der Waals surface area contributed by atoms with Crippen LogP contribution in [0.25, 0.3) is 0 Å². The van der Waals surface area contributed by atoms with Gasteiger partial charge in [0.25, 0.3) is 0 Å². The summed E-state index contributed by atoms with van der Waals surface area (Å²) < 4.78 is 0. The summed E-state index contributed by atoms with van der Waals surface area (Å²) in [6.45, 7) is 0. The largest absolute Gasteiger partial charge is 0.185 e. The molecule has 0 aliphatic carbocycles. The fraction of sp³-hybridized carbons (Fsp3) is 0.400. The van der Waals surface area contributed by atoms with Crippen LogP contribution in [0.3, 0.4) is 0 Å². The second kappa shape index (κ2) is 6.36. The fourth-order valence-electron chi connectivity index (χ4n) is 0.246. The molecule has 56 valence electrons. The number of alkyl halides is 1. The van der Waals surface area contributed by atoms with Crippen LogP contribution in [0, 0.1) is 10.7 Å². The topological polar surface area (TPSA) is 23.8 Å². The molecule has 1 nitrogen and oxygen atoms in total. The van der Waals surface area contributed by atoms with Crippen LogP contribution < -0.4 is 0 Å². The summed E-state index contributed by atoms with van der Waals surface area (Å²) in [7, 11) is 0. The summed E-state index contributed by atoms with van der Waals surface area (Å²) >= 11 is 15.5. The molecule has 0 saturated carbocycles. The zero-order valence-corrected chi connectivity index (χ0v) is 8.82. The first kappa shape index (κ1) is 10.6. The smallest absolute Gasteiger partial charge is 0.133 e. The molecule has 10 heavy (non-hydrogen) atoms. The lowest BCUT2D eigenvalue weighted by Crippen LogP contribution is -1.82. The lowest BCUT2D eigenvalue weighted by molar-refractivity contribution is 1.55. The van der Waals surface area contributed by atoms with Gasteiger partial charge in [0.15, 0.2) is 0 Å². The molecule has 0 unspecified atom stereocenters. The molecule has 0 aromatic rings. The van der Waals surface area contributed by atoms with Crippen molar-refractivity contribution in [1.82, 2.24) is 0 Å². The number of thioether (sulfide) groups is 1. The SMILES string of the molecule is N#CSC/C(Cl)=C(\Cl)CBr. The van der Waals surface area contributed by atoms with Gasteiger partial charge in [-0.1, -0.05) is 39.1 Å². The monoisotopic (exact) mass is 259 g/mol. The first-order valence-corrected chi connectivity index (χ1v) is 5.18. The lowest BCUT2D eigenvalue weighted by atomic mass is 10.6. The summed E-state index contributed by atoms with van der Waals surface area (Å²) in [6, 6.07) is 0. The molecule has 0 heterocycles. The van der Waals surface area contributed by atoms with Crippen LogP contribution in [0.5, 0.6) is 0 Å². The van der Waals surface area contributed by atoms with Crippen molar-refractivity contribution in [2.75, 3.05) is 11.1 Å². The summed E-state index contributed by atoms with van der Waals surface area (Å²) in [4.78, 5) is 0. The Morgan fingerprint density at radius 3 is 2.50 bits per heavy atom. The van der Waals surface area contributed by atoms with Gasteiger partial charge in [0.05, 0.1) is 0 Å². The number of hydrogen-bond acceptors (Lipinski definition) is 2. The highest BCUT2D eigenvalue weighted by Gasteiger charge is 1.99. The molecule has 5 heteroatoms. The third-order valence-electron chi connectivity index (χ3n) is 0.675. The normalized spacial score (nSPS) is 12.2. The fourth-order valence-corrected chi connectivity index (χ4v) is 1.49. The van der Waals surface area contributed by atoms with E-state index in [1.54, 1.807) is 0 Å². The highest BCUT2D eigenvalue weighted by molar-refractivity contribution is 9.09. The Bertz CT molecular complexity index is 175. The maximum absolute atomic E-state index is 8.15. The molecule has 0 N–H and O–H groups in total. The van der Waals surface area contributed by atoms with Crippen molar-refractivity contribution < 1.29 is 0 Å². The second-order valence-electron chi connectivity index (χ2n) is 1.32. The minimum atomic E-state index is 0.461. The third-order valence-corrected chi connectivity index (χ3v) is 3.10. The van der Waals surface area contributed by atoms with Crippen molar-refractivity contribution in [2.45, 2.75) is 0 Å². The summed E-state index contributed by atoms with van der Waals surface area (Å²) in [6.07, 6.45) is 0. The standard InChI is InChI=1S/C5H4BrCl2NS/c6-1-4(7)5(8)2-10-3-9/h1-2H2/b5-4+. The zero-order valence-electron chi connectivity index (χ0n) is 4.90. The van der Waals surface area contributed by atoms with Crippen molar-refractivity contribution in [3.05, 3.63) is 10.1 Å². The Labute approximate surface area is 82.5 Å². The Balaban J connectivity index is 3.82. The Morgan fingerprint density at radius 1 is 1.50 bits per heavy atom. The number of thiocyanates is 1. The van der Waals surface area contributed by atoms with Gasteiger partial charge in [-0.15, -0.1) is 0 Å². The molecule has 0 atom stereocenters. The summed E-state index contributed by atoms with van der Waals surface area (Å²) in [5.74, 6) is 0.461. The van der Waals surface area contributed by atoms with E-state index < -0.39 is 0 Å². The number of allylic oxidation sites excluding steroid dienone is 1. The Morgan fingerprint density at radius 2 is 2.10 bits per heavy atom. The van der Waals surface area contributed by atoms with E-state index in [0.29, 0.717) is 21.1 Å². The van der Waals surface area contributed by atoms with Crippen molar-refractivity contribution in [2.24, 2.45) is 0 Å². The number of hydrogen-bond donors (Lipinski definition) is 0. The van der Waals surface area contributed by atoms with E-state index in [2.05, 4.69) is 15.9 Å². The average molecular weight is 261 g/mol. The van der Waals surface area contributed by atoms with E-state index in [-0.39, 0.29) is 0 Å². The number of nitriles is 1. The van der Waals surface area contributed by atoms with Crippen LogP contribution in [0.15, 0.2) is 10.1 Å². The van der Waals surface area contributed by atoms with Crippen LogP contribution in [-0.2, 0) is 0 Å². The predicted molar refractivity (Wildman–Crippen MR) is 50.6 cm³/mol. The second-order valence-corrected chi connectivity index (χ2v) is 3.56. The molecule has 0 aromatic carbocycles. The molecule has 0 aromatic heterocycles. The van der Waals surface area contributed by atoms with Gasteiger partial charge in [-0.05, 0) is 11.8 Å². The van der Waals surface area contributed by atoms with Gasteiger partial charge in [-0.25, -0.2) is 0 Å². The van der Waals surface area contributed by atoms with Gasteiger partial charge >= 0.3 is 0 Å². The van der Waals surface area contributed by atoms with Crippen LogP contribution in [0.1, 0.15) is 0 Å². The quantitative estimate of drug-likeness (QED) is 0.575. The maximum atomic E-state index is 8.15. The van der Waals surface area contributed by atoms with Crippen LogP contribution >= 0.6 is 50.9 Å². The van der Waals surface area contributed by atoms with Crippen molar-refractivity contribution in [1.29, 1.82) is 5.26 Å². The van der Waals surface area contributed by atoms with Gasteiger partial charge < -0.3 is 0 Å². The van der Waals surface area contributed by atoms with Gasteiger partial charge in [-0.3, -0.25) is 0 Å². The van der Waals surface area contributed by atoms with E-state index in [1.807, 2.05) is 5.40 Å². The molecule has 0 aliphatic heterocycles. The zero-order chi connectivity index (χ0) is 7.98. The number of nitrogens with zero attached hydrogens (tertiary/aromatic N) is 1. The molecule has 0 fully saturated rings. The minimum Gasteiger partial charge on any atom is -0.185 e. The Kier molecular flexibility index (Phi) is 6.76. The van der Waals surface area contributed by atoms with Crippen LogP contribution in [0.4, 0.5) is 0 Å². The minimum absolute atomic E-state index is 0.461. The van der Waals surface area contributed by atoms with E-state index in [4.69, 9.17) is 28.5 Å². The van der Waals surface area contributed by atoms with Crippen molar-refractivity contribution in [3.63, 3.8) is 0 Å². The molecule has 0 bridgehead atoms. The molecule has 0 saturated heterocycles. The highest BCUT2D eigenvalue weighted by Crippen LogP contribution is 2.19. The van der Waals surface area contributed by atoms with E-state index in [0.717, 1.165) is 11.8 Å². The number of rotatable bonds is 3. The Hall–Kier alpha value is 0.640. The molecule has 0 spiro atoms. The lowest BCUT2D eigenvalue weighted by Gasteiger charge is -1.94. The molecule has 0 amide bonds. The molecule has 0 aliphatic rings. The summed E-state index contributed by atoms with van der Waals surface area (Å²) in [5, 5.41) is 11.7. The van der Waals surface area contributed by atoms with E-state index in [1.165, 1.54) is 0 Å². The van der Waals surface area contributed by atoms with E-state index >= 15 is 0 Å². The number of halogens is 3. The first-order valence-electron chi connectivity index (χ1n) is 2.32. The van der Waals surface area contributed by atoms with Gasteiger partial charge in [0.1, 0.15) is 5.40 Å². The van der Waals surface area contributed by atoms with Gasteiger partial charge in [0, 0.05) is 21.1 Å². The average Bonchev–Trinajstić information content (AvgIpc) is 1.98. The molecular weight excluding hydrogens is 257 g/mol. The predicted octanol–water partition coefficient (Wildman–Crippen LogP) is 3.28. The molecule has 0 radical (unpaired) electrons. The van der Waals surface area contributed by atoms with Crippen molar-refractivity contribution >= 4 is 50.9 Å². The van der Waals surface area contributed by atoms with Crippen molar-refractivity contribution in [3.8, 4) is 5.40 Å². The highest BCUT2D eigenvalue weighted by atomic mass is 79.9. The van der Waals surface area contributed by atoms with Crippen LogP contribution in [-0.4, -0.2) is 11.1 Å². The van der Waals surface area contributed by atoms with Gasteiger partial charge in [-0.2, -0.15) is 5.26 Å².